The van der Waals surface area contributed by atoms with Gasteiger partial charge in [0.15, 0.2) is 0 Å². The summed E-state index contributed by atoms with van der Waals surface area (Å²) in [5.41, 5.74) is 1.30. The number of piperazine rings is 1. The average Bonchev–Trinajstić information content (AvgIpc) is 2.31. The maximum atomic E-state index is 5.49. The van der Waals surface area contributed by atoms with Crippen molar-refractivity contribution in [3.8, 4) is 5.75 Å². The molecule has 0 saturated carbocycles. The van der Waals surface area contributed by atoms with Crippen molar-refractivity contribution < 1.29 is 4.74 Å². The van der Waals surface area contributed by atoms with Crippen LogP contribution in [-0.2, 0) is 0 Å². The summed E-state index contributed by atoms with van der Waals surface area (Å²) in [6.07, 6.45) is 0. The first-order valence-corrected chi connectivity index (χ1v) is 5.57. The van der Waals surface area contributed by atoms with Crippen molar-refractivity contribution in [3.05, 3.63) is 29.8 Å². The van der Waals surface area contributed by atoms with Crippen LogP contribution >= 0.6 is 12.4 Å². The fourth-order valence-electron chi connectivity index (χ4n) is 1.88. The van der Waals surface area contributed by atoms with Gasteiger partial charge in [-0.3, -0.25) is 0 Å². The van der Waals surface area contributed by atoms with Gasteiger partial charge in [0.1, 0.15) is 5.75 Å². The Labute approximate surface area is 103 Å². The highest BCUT2D eigenvalue weighted by atomic mass is 35.5. The van der Waals surface area contributed by atoms with Crippen LogP contribution in [0.2, 0.25) is 0 Å². The van der Waals surface area contributed by atoms with Crippen LogP contribution in [0.15, 0.2) is 24.3 Å². The number of rotatable bonds is 3. The van der Waals surface area contributed by atoms with E-state index in [2.05, 4.69) is 28.8 Å². The standard InChI is InChI=1S/C12H18N2O.ClH/c1-2-15-11-5-3-4-10(8-11)12-9-13-6-7-14-12;/h3-5,8,12-14H,2,6-7,9H2,1H3;1H/t12-;/m0./s1. The zero-order valence-electron chi connectivity index (χ0n) is 9.53. The first-order valence-electron chi connectivity index (χ1n) is 5.57. The summed E-state index contributed by atoms with van der Waals surface area (Å²) in [6.45, 7) is 5.81. The third kappa shape index (κ3) is 3.37. The molecule has 4 heteroatoms. The van der Waals surface area contributed by atoms with Gasteiger partial charge in [0.25, 0.3) is 0 Å². The number of hydrogen-bond donors (Lipinski definition) is 2. The highest BCUT2D eigenvalue weighted by molar-refractivity contribution is 5.85. The molecule has 1 saturated heterocycles. The Morgan fingerprint density at radius 2 is 2.25 bits per heavy atom. The van der Waals surface area contributed by atoms with Gasteiger partial charge in [-0.2, -0.15) is 0 Å². The van der Waals surface area contributed by atoms with Crippen LogP contribution in [0.1, 0.15) is 18.5 Å². The Morgan fingerprint density at radius 1 is 1.38 bits per heavy atom. The molecule has 1 fully saturated rings. The summed E-state index contributed by atoms with van der Waals surface area (Å²) in [6, 6.07) is 8.74. The molecule has 2 N–H and O–H groups in total. The summed E-state index contributed by atoms with van der Waals surface area (Å²) in [5.74, 6) is 0.961. The molecule has 0 bridgehead atoms. The molecule has 1 aliphatic rings. The molecule has 2 rings (SSSR count). The van der Waals surface area contributed by atoms with E-state index in [1.54, 1.807) is 0 Å². The van der Waals surface area contributed by atoms with E-state index in [1.807, 2.05) is 13.0 Å². The summed E-state index contributed by atoms with van der Waals surface area (Å²) < 4.78 is 5.49. The number of benzene rings is 1. The molecule has 0 unspecified atom stereocenters. The zero-order valence-corrected chi connectivity index (χ0v) is 10.3. The van der Waals surface area contributed by atoms with Crippen molar-refractivity contribution in [2.45, 2.75) is 13.0 Å². The van der Waals surface area contributed by atoms with Gasteiger partial charge in [-0.1, -0.05) is 12.1 Å². The maximum Gasteiger partial charge on any atom is 0.119 e. The van der Waals surface area contributed by atoms with Crippen LogP contribution in [-0.4, -0.2) is 26.2 Å². The van der Waals surface area contributed by atoms with Gasteiger partial charge in [0, 0.05) is 25.7 Å². The minimum atomic E-state index is 0. The van der Waals surface area contributed by atoms with Crippen molar-refractivity contribution in [2.75, 3.05) is 26.2 Å². The lowest BCUT2D eigenvalue weighted by atomic mass is 10.1. The topological polar surface area (TPSA) is 33.3 Å². The molecule has 0 aliphatic carbocycles. The van der Waals surface area contributed by atoms with Crippen LogP contribution in [0.25, 0.3) is 0 Å². The second kappa shape index (κ2) is 6.74. The Morgan fingerprint density at radius 3 is 2.94 bits per heavy atom. The predicted molar refractivity (Wildman–Crippen MR) is 68.5 cm³/mol. The van der Waals surface area contributed by atoms with Crippen LogP contribution in [0.4, 0.5) is 0 Å². The van der Waals surface area contributed by atoms with E-state index < -0.39 is 0 Å². The van der Waals surface area contributed by atoms with E-state index in [4.69, 9.17) is 4.74 Å². The lowest BCUT2D eigenvalue weighted by Gasteiger charge is -2.25. The Kier molecular flexibility index (Phi) is 5.60. The van der Waals surface area contributed by atoms with Gasteiger partial charge in [-0.15, -0.1) is 12.4 Å². The van der Waals surface area contributed by atoms with Crippen molar-refractivity contribution in [3.63, 3.8) is 0 Å². The van der Waals surface area contributed by atoms with Gasteiger partial charge in [-0.25, -0.2) is 0 Å². The molecule has 1 atom stereocenters. The van der Waals surface area contributed by atoms with Crippen molar-refractivity contribution >= 4 is 12.4 Å². The van der Waals surface area contributed by atoms with E-state index in [0.717, 1.165) is 32.0 Å². The molecule has 3 nitrogen and oxygen atoms in total. The highest BCUT2D eigenvalue weighted by Gasteiger charge is 2.14. The second-order valence-corrected chi connectivity index (χ2v) is 3.72. The number of ether oxygens (including phenoxy) is 1. The SMILES string of the molecule is CCOc1cccc([C@@H]2CNCCN2)c1.Cl. The van der Waals surface area contributed by atoms with Crippen molar-refractivity contribution in [1.29, 1.82) is 0 Å². The normalized spacial score (nSPS) is 19.9. The molecule has 1 aliphatic heterocycles. The molecule has 0 amide bonds. The molecule has 0 spiro atoms. The second-order valence-electron chi connectivity index (χ2n) is 3.72. The van der Waals surface area contributed by atoms with Crippen LogP contribution in [0.5, 0.6) is 5.75 Å². The number of hydrogen-bond acceptors (Lipinski definition) is 3. The van der Waals surface area contributed by atoms with Crippen LogP contribution in [0.3, 0.4) is 0 Å². The fourth-order valence-corrected chi connectivity index (χ4v) is 1.88. The Hall–Kier alpha value is -0.770. The van der Waals surface area contributed by atoms with Gasteiger partial charge < -0.3 is 15.4 Å². The smallest absolute Gasteiger partial charge is 0.119 e. The van der Waals surface area contributed by atoms with Crippen molar-refractivity contribution in [2.24, 2.45) is 0 Å². The number of halogens is 1. The maximum absolute atomic E-state index is 5.49. The molecule has 0 aromatic heterocycles. The Balaban J connectivity index is 0.00000128. The van der Waals surface area contributed by atoms with Crippen LogP contribution < -0.4 is 15.4 Å². The molecular weight excluding hydrogens is 224 g/mol. The average molecular weight is 243 g/mol. The molecule has 16 heavy (non-hydrogen) atoms. The van der Waals surface area contributed by atoms with Gasteiger partial charge >= 0.3 is 0 Å². The predicted octanol–water partition coefficient (Wildman–Crippen LogP) is 1.74. The summed E-state index contributed by atoms with van der Waals surface area (Å²) in [4.78, 5) is 0. The molecule has 1 heterocycles. The quantitative estimate of drug-likeness (QED) is 0.847. The molecule has 1 aromatic carbocycles. The van der Waals surface area contributed by atoms with E-state index >= 15 is 0 Å². The molecule has 1 aromatic rings. The third-order valence-corrected chi connectivity index (χ3v) is 2.61. The summed E-state index contributed by atoms with van der Waals surface area (Å²) in [7, 11) is 0. The van der Waals surface area contributed by atoms with E-state index in [-0.39, 0.29) is 12.4 Å². The van der Waals surface area contributed by atoms with E-state index in [1.165, 1.54) is 5.56 Å². The van der Waals surface area contributed by atoms with E-state index in [0.29, 0.717) is 6.04 Å². The van der Waals surface area contributed by atoms with Gasteiger partial charge in [0.05, 0.1) is 6.61 Å². The van der Waals surface area contributed by atoms with Crippen LogP contribution in [0, 0.1) is 0 Å². The first-order chi connectivity index (χ1) is 7.40. The largest absolute Gasteiger partial charge is 0.494 e. The van der Waals surface area contributed by atoms with Gasteiger partial charge in [0.2, 0.25) is 0 Å². The van der Waals surface area contributed by atoms with Crippen molar-refractivity contribution in [1.82, 2.24) is 10.6 Å². The first kappa shape index (κ1) is 13.3. The van der Waals surface area contributed by atoms with E-state index in [9.17, 15) is 0 Å². The lowest BCUT2D eigenvalue weighted by Crippen LogP contribution is -2.42. The molecular formula is C12H19ClN2O. The summed E-state index contributed by atoms with van der Waals surface area (Å²) >= 11 is 0. The fraction of sp³-hybridized carbons (Fsp3) is 0.500. The minimum absolute atomic E-state index is 0. The number of nitrogens with one attached hydrogen (secondary N) is 2. The zero-order chi connectivity index (χ0) is 10.5. The third-order valence-electron chi connectivity index (χ3n) is 2.61. The minimum Gasteiger partial charge on any atom is -0.494 e. The lowest BCUT2D eigenvalue weighted by molar-refractivity contribution is 0.338. The molecule has 90 valence electrons. The monoisotopic (exact) mass is 242 g/mol. The Bertz CT molecular complexity index is 314. The molecule has 0 radical (unpaired) electrons. The highest BCUT2D eigenvalue weighted by Crippen LogP contribution is 2.19. The summed E-state index contributed by atoms with van der Waals surface area (Å²) in [5, 5.41) is 6.87. The van der Waals surface area contributed by atoms with Gasteiger partial charge in [-0.05, 0) is 24.6 Å².